The van der Waals surface area contributed by atoms with Gasteiger partial charge in [0, 0.05) is 23.4 Å². The van der Waals surface area contributed by atoms with Crippen LogP contribution in [0.2, 0.25) is 0 Å². The van der Waals surface area contributed by atoms with Crippen LogP contribution >= 0.6 is 24.8 Å². The summed E-state index contributed by atoms with van der Waals surface area (Å²) in [6.07, 6.45) is 4.48. The molecule has 0 unspecified atom stereocenters. The van der Waals surface area contributed by atoms with E-state index >= 15 is 0 Å². The molecule has 0 fully saturated rings. The van der Waals surface area contributed by atoms with Crippen LogP contribution in [0.5, 0.6) is 5.75 Å². The maximum Gasteiger partial charge on any atom is 0.306 e. The van der Waals surface area contributed by atoms with Crippen molar-refractivity contribution in [2.24, 2.45) is 0 Å². The SMILES string of the molecule is CCOC(=O)CCc1ccc2c(c1)nc(N)c1ncc(CCc3ccc(O)cc3C)cc12.Cl.Cl. The Kier molecular flexibility index (Phi) is 9.47. The van der Waals surface area contributed by atoms with Gasteiger partial charge in [0.15, 0.2) is 5.82 Å². The number of ether oxygens (including phenoxy) is 1. The smallest absolute Gasteiger partial charge is 0.306 e. The number of phenols is 1. The lowest BCUT2D eigenvalue weighted by atomic mass is 9.99. The predicted molar refractivity (Wildman–Crippen MR) is 141 cm³/mol. The summed E-state index contributed by atoms with van der Waals surface area (Å²) >= 11 is 0. The van der Waals surface area contributed by atoms with E-state index in [0.717, 1.165) is 45.8 Å². The van der Waals surface area contributed by atoms with Gasteiger partial charge in [-0.05, 0) is 79.6 Å². The fraction of sp³-hybridized carbons (Fsp3) is 0.269. The summed E-state index contributed by atoms with van der Waals surface area (Å²) < 4.78 is 5.01. The minimum Gasteiger partial charge on any atom is -0.508 e. The molecule has 4 rings (SSSR count). The Hall–Kier alpha value is -3.09. The van der Waals surface area contributed by atoms with Crippen LogP contribution in [-0.2, 0) is 28.8 Å². The Morgan fingerprint density at radius 2 is 1.79 bits per heavy atom. The number of halogens is 2. The normalized spacial score (nSPS) is 10.5. The molecule has 0 aliphatic rings. The molecule has 2 aromatic carbocycles. The van der Waals surface area contributed by atoms with Crippen molar-refractivity contribution in [2.45, 2.75) is 39.5 Å². The molecule has 0 atom stereocenters. The molecule has 0 radical (unpaired) electrons. The molecule has 0 amide bonds. The number of rotatable bonds is 7. The van der Waals surface area contributed by atoms with Gasteiger partial charge in [0.25, 0.3) is 0 Å². The number of anilines is 1. The molecule has 0 aliphatic carbocycles. The molecule has 2 aromatic heterocycles. The van der Waals surface area contributed by atoms with Crippen LogP contribution in [0.4, 0.5) is 5.82 Å². The van der Waals surface area contributed by atoms with Gasteiger partial charge in [-0.2, -0.15) is 0 Å². The Morgan fingerprint density at radius 1 is 1.00 bits per heavy atom. The van der Waals surface area contributed by atoms with Gasteiger partial charge in [-0.25, -0.2) is 4.98 Å². The van der Waals surface area contributed by atoms with Crippen molar-refractivity contribution in [1.29, 1.82) is 0 Å². The molecule has 0 saturated carbocycles. The molecule has 6 nitrogen and oxygen atoms in total. The number of benzene rings is 2. The summed E-state index contributed by atoms with van der Waals surface area (Å²) in [5, 5.41) is 11.6. The zero-order valence-electron chi connectivity index (χ0n) is 19.2. The molecule has 8 heteroatoms. The number of aromatic nitrogens is 2. The first-order valence-corrected chi connectivity index (χ1v) is 10.9. The molecule has 0 spiro atoms. The lowest BCUT2D eigenvalue weighted by Crippen LogP contribution is -2.05. The number of phenolic OH excluding ortho intramolecular Hbond substituents is 1. The number of carbonyl (C=O) groups excluding carboxylic acids is 1. The summed E-state index contributed by atoms with van der Waals surface area (Å²) in [6.45, 7) is 4.20. The van der Waals surface area contributed by atoms with E-state index in [4.69, 9.17) is 10.5 Å². The van der Waals surface area contributed by atoms with Gasteiger partial charge in [0.1, 0.15) is 11.3 Å². The van der Waals surface area contributed by atoms with Gasteiger partial charge < -0.3 is 15.6 Å². The van der Waals surface area contributed by atoms with Crippen LogP contribution in [-0.4, -0.2) is 27.7 Å². The fourth-order valence-corrected chi connectivity index (χ4v) is 4.01. The number of fused-ring (bicyclic) bond motifs is 3. The molecule has 4 aromatic rings. The van der Waals surface area contributed by atoms with Crippen LogP contribution in [0.25, 0.3) is 21.8 Å². The molecular formula is C26H29Cl2N3O3. The summed E-state index contributed by atoms with van der Waals surface area (Å²) in [5.41, 5.74) is 12.1. The minimum atomic E-state index is -0.198. The first-order valence-electron chi connectivity index (χ1n) is 10.9. The van der Waals surface area contributed by atoms with Crippen LogP contribution in [0.15, 0.2) is 48.7 Å². The van der Waals surface area contributed by atoms with Crippen LogP contribution in [0.3, 0.4) is 0 Å². The van der Waals surface area contributed by atoms with Gasteiger partial charge in [-0.3, -0.25) is 9.78 Å². The largest absolute Gasteiger partial charge is 0.508 e. The van der Waals surface area contributed by atoms with E-state index in [1.165, 1.54) is 5.56 Å². The molecule has 0 saturated heterocycles. The summed E-state index contributed by atoms with van der Waals surface area (Å²) in [7, 11) is 0. The molecule has 2 heterocycles. The average Bonchev–Trinajstić information content (AvgIpc) is 2.77. The van der Waals surface area contributed by atoms with Crippen LogP contribution < -0.4 is 5.73 Å². The summed E-state index contributed by atoms with van der Waals surface area (Å²) in [6, 6.07) is 13.6. The molecule has 0 aliphatic heterocycles. The van der Waals surface area contributed by atoms with Crippen molar-refractivity contribution in [3.63, 3.8) is 0 Å². The minimum absolute atomic E-state index is 0. The van der Waals surface area contributed by atoms with Crippen molar-refractivity contribution in [3.8, 4) is 5.75 Å². The second-order valence-corrected chi connectivity index (χ2v) is 8.00. The van der Waals surface area contributed by atoms with E-state index in [9.17, 15) is 9.90 Å². The third-order valence-corrected chi connectivity index (χ3v) is 5.71. The Balaban J connectivity index is 0.00000204. The van der Waals surface area contributed by atoms with E-state index in [1.807, 2.05) is 37.4 Å². The van der Waals surface area contributed by atoms with Gasteiger partial charge in [0.05, 0.1) is 12.1 Å². The third-order valence-electron chi connectivity index (χ3n) is 5.71. The number of esters is 1. The topological polar surface area (TPSA) is 98.3 Å². The first-order chi connectivity index (χ1) is 15.4. The van der Waals surface area contributed by atoms with E-state index in [1.54, 1.807) is 19.1 Å². The highest BCUT2D eigenvalue weighted by atomic mass is 35.5. The zero-order chi connectivity index (χ0) is 22.7. The number of pyridine rings is 2. The highest BCUT2D eigenvalue weighted by Gasteiger charge is 2.11. The highest BCUT2D eigenvalue weighted by Crippen LogP contribution is 2.29. The predicted octanol–water partition coefficient (Wildman–Crippen LogP) is 5.50. The van der Waals surface area contributed by atoms with Crippen molar-refractivity contribution in [1.82, 2.24) is 9.97 Å². The number of nitrogens with zero attached hydrogens (tertiary/aromatic N) is 2. The summed E-state index contributed by atoms with van der Waals surface area (Å²) in [5.74, 6) is 0.488. The lowest BCUT2D eigenvalue weighted by Gasteiger charge is -2.10. The highest BCUT2D eigenvalue weighted by molar-refractivity contribution is 6.08. The molecule has 34 heavy (non-hydrogen) atoms. The molecular weight excluding hydrogens is 473 g/mol. The first kappa shape index (κ1) is 27.2. The number of carbonyl (C=O) groups is 1. The van der Waals surface area contributed by atoms with Crippen molar-refractivity contribution >= 4 is 58.4 Å². The second-order valence-electron chi connectivity index (χ2n) is 8.00. The maximum absolute atomic E-state index is 11.7. The van der Waals surface area contributed by atoms with Crippen molar-refractivity contribution in [3.05, 3.63) is 70.9 Å². The molecule has 180 valence electrons. The average molecular weight is 502 g/mol. The lowest BCUT2D eigenvalue weighted by molar-refractivity contribution is -0.143. The fourth-order valence-electron chi connectivity index (χ4n) is 4.01. The maximum atomic E-state index is 11.7. The van der Waals surface area contributed by atoms with E-state index in [0.29, 0.717) is 30.8 Å². The van der Waals surface area contributed by atoms with Crippen LogP contribution in [0, 0.1) is 6.92 Å². The van der Waals surface area contributed by atoms with Gasteiger partial charge in [-0.15, -0.1) is 24.8 Å². The van der Waals surface area contributed by atoms with E-state index in [2.05, 4.69) is 16.0 Å². The Bertz CT molecular complexity index is 1310. The monoisotopic (exact) mass is 501 g/mol. The number of nitrogen functional groups attached to an aromatic ring is 1. The number of hydrogen-bond acceptors (Lipinski definition) is 6. The van der Waals surface area contributed by atoms with Crippen LogP contribution in [0.1, 0.15) is 35.6 Å². The number of aromatic hydroxyl groups is 1. The molecule has 0 bridgehead atoms. The zero-order valence-corrected chi connectivity index (χ0v) is 20.8. The number of aryl methyl sites for hydroxylation is 4. The van der Waals surface area contributed by atoms with Crippen molar-refractivity contribution in [2.75, 3.05) is 12.3 Å². The van der Waals surface area contributed by atoms with E-state index in [-0.39, 0.29) is 36.5 Å². The number of nitrogens with two attached hydrogens (primary N) is 1. The van der Waals surface area contributed by atoms with Gasteiger partial charge in [0.2, 0.25) is 0 Å². The van der Waals surface area contributed by atoms with Gasteiger partial charge in [-0.1, -0.05) is 18.2 Å². The third kappa shape index (κ3) is 6.07. The van der Waals surface area contributed by atoms with E-state index < -0.39 is 0 Å². The Morgan fingerprint density at radius 3 is 2.53 bits per heavy atom. The Labute approximate surface area is 211 Å². The summed E-state index contributed by atoms with van der Waals surface area (Å²) in [4.78, 5) is 20.8. The van der Waals surface area contributed by atoms with Gasteiger partial charge >= 0.3 is 5.97 Å². The molecule has 3 N–H and O–H groups in total. The second kappa shape index (κ2) is 11.9. The van der Waals surface area contributed by atoms with Crippen molar-refractivity contribution < 1.29 is 14.6 Å². The number of hydrogen-bond donors (Lipinski definition) is 2. The quantitative estimate of drug-likeness (QED) is 0.256. The standard InChI is InChI=1S/C26H27N3O3.2ClH/c1-3-32-24(31)11-6-17-5-10-21-22-13-18(4-7-19-8-9-20(30)12-16(19)2)15-28-25(22)26(27)29-23(21)14-17;;/h5,8-10,12-15,30H,3-4,6-7,11H2,1-2H3,(H2,27,29);2*1H.